The summed E-state index contributed by atoms with van der Waals surface area (Å²) < 4.78 is 14.2. The molecule has 0 bridgehead atoms. The molecule has 0 aliphatic rings. The van der Waals surface area contributed by atoms with Crippen LogP contribution in [0.5, 0.6) is 0 Å². The smallest absolute Gasteiger partial charge is 0.136 e. The van der Waals surface area contributed by atoms with Gasteiger partial charge in [0.25, 0.3) is 0 Å². The van der Waals surface area contributed by atoms with Crippen LogP contribution in [0, 0.1) is 0 Å². The van der Waals surface area contributed by atoms with Gasteiger partial charge < -0.3 is 8.83 Å². The number of hydrogen-bond donors (Lipinski definition) is 0. The third-order valence-corrected chi connectivity index (χ3v) is 10.2. The molecule has 2 nitrogen and oxygen atoms in total. The van der Waals surface area contributed by atoms with Crippen molar-refractivity contribution < 1.29 is 8.83 Å². The Hall–Kier alpha value is -5.38. The van der Waals surface area contributed by atoms with Gasteiger partial charge in [-0.1, -0.05) is 103 Å². The average Bonchev–Trinajstić information content (AvgIpc) is 3.66. The summed E-state index contributed by atoms with van der Waals surface area (Å²) in [6.45, 7) is 0. The fourth-order valence-corrected chi connectivity index (χ4v) is 8.01. The van der Waals surface area contributed by atoms with Crippen molar-refractivity contribution in [3.8, 4) is 22.3 Å². The Labute approximate surface area is 266 Å². The summed E-state index contributed by atoms with van der Waals surface area (Å²) in [4.78, 5) is 0. The van der Waals surface area contributed by atoms with E-state index in [1.807, 2.05) is 12.1 Å². The van der Waals surface area contributed by atoms with Crippen LogP contribution < -0.4 is 0 Å². The second kappa shape index (κ2) is 9.31. The molecule has 0 N–H and O–H groups in total. The number of rotatable bonds is 2. The molecule has 0 fully saturated rings. The highest BCUT2D eigenvalue weighted by Gasteiger charge is 2.20. The van der Waals surface area contributed by atoms with Crippen molar-refractivity contribution in [1.29, 1.82) is 0 Å². The monoisotopic (exact) mass is 638 g/mol. The molecule has 210 valence electrons. The van der Waals surface area contributed by atoms with Gasteiger partial charge in [-0.05, 0) is 107 Å². The topological polar surface area (TPSA) is 26.3 Å². The minimum Gasteiger partial charge on any atom is -0.456 e. The first kappa shape index (κ1) is 25.0. The second-order valence-corrected chi connectivity index (χ2v) is 12.5. The zero-order chi connectivity index (χ0) is 29.6. The Morgan fingerprint density at radius 2 is 1.00 bits per heavy atom. The van der Waals surface area contributed by atoms with Crippen molar-refractivity contribution in [2.24, 2.45) is 0 Å². The van der Waals surface area contributed by atoms with E-state index in [1.165, 1.54) is 43.4 Å². The van der Waals surface area contributed by atoms with Crippen LogP contribution in [-0.4, -0.2) is 0 Å². The maximum atomic E-state index is 6.64. The fourth-order valence-electron chi connectivity index (χ4n) is 7.31. The van der Waals surface area contributed by atoms with Crippen molar-refractivity contribution in [1.82, 2.24) is 0 Å². The third-order valence-electron chi connectivity index (χ3n) is 9.31. The maximum Gasteiger partial charge on any atom is 0.136 e. The number of hydrogen-bond acceptors (Lipinski definition) is 2. The van der Waals surface area contributed by atoms with Gasteiger partial charge in [-0.2, -0.15) is 0 Å². The van der Waals surface area contributed by atoms with Gasteiger partial charge in [0.05, 0.1) is 0 Å². The van der Waals surface area contributed by atoms with Gasteiger partial charge in [-0.15, -0.1) is 0 Å². The Bertz CT molecular complexity index is 2780. The molecular formula is C42H23BrO2. The first-order valence-corrected chi connectivity index (χ1v) is 15.9. The fraction of sp³-hybridized carbons (Fsp3) is 0. The predicted octanol–water partition coefficient (Wildman–Crippen LogP) is 13.0. The molecule has 0 spiro atoms. The molecular weight excluding hydrogens is 616 g/mol. The zero-order valence-electron chi connectivity index (χ0n) is 24.0. The van der Waals surface area contributed by atoms with Crippen LogP contribution >= 0.6 is 15.9 Å². The van der Waals surface area contributed by atoms with Gasteiger partial charge in [0.1, 0.15) is 22.3 Å². The molecule has 10 aromatic rings. The van der Waals surface area contributed by atoms with Gasteiger partial charge in [0, 0.05) is 26.0 Å². The van der Waals surface area contributed by atoms with Crippen LogP contribution in [-0.2, 0) is 0 Å². The van der Waals surface area contributed by atoms with E-state index in [-0.39, 0.29) is 0 Å². The van der Waals surface area contributed by atoms with Gasteiger partial charge in [0.2, 0.25) is 0 Å². The molecule has 2 heterocycles. The average molecular weight is 640 g/mol. The summed E-state index contributed by atoms with van der Waals surface area (Å²) in [5.74, 6) is 0. The molecule has 0 radical (unpaired) electrons. The van der Waals surface area contributed by atoms with E-state index in [4.69, 9.17) is 8.83 Å². The lowest BCUT2D eigenvalue weighted by atomic mass is 9.91. The first-order valence-electron chi connectivity index (χ1n) is 15.1. The van der Waals surface area contributed by atoms with Crippen molar-refractivity contribution in [2.75, 3.05) is 0 Å². The Morgan fingerprint density at radius 3 is 1.78 bits per heavy atom. The highest BCUT2D eigenvalue weighted by molar-refractivity contribution is 9.10. The highest BCUT2D eigenvalue weighted by Crippen LogP contribution is 2.46. The Balaban J connectivity index is 1.26. The highest BCUT2D eigenvalue weighted by atomic mass is 79.9. The van der Waals surface area contributed by atoms with Crippen molar-refractivity contribution in [3.63, 3.8) is 0 Å². The van der Waals surface area contributed by atoms with Crippen LogP contribution in [0.4, 0.5) is 0 Å². The SMILES string of the molecule is Brc1c2ccccc2c(-c2ccc3c(c2)oc2ccc4oc5cccc(-c6ccc7ccccc7c6)c5c4c23)c2ccccc12. The number of furan rings is 2. The molecule has 2 aromatic heterocycles. The summed E-state index contributed by atoms with van der Waals surface area (Å²) in [6.07, 6.45) is 0. The first-order chi connectivity index (χ1) is 22.2. The van der Waals surface area contributed by atoms with Gasteiger partial charge in [0.15, 0.2) is 0 Å². The molecule has 0 unspecified atom stereocenters. The normalized spacial score (nSPS) is 12.1. The number of fused-ring (bicyclic) bond motifs is 10. The molecule has 3 heteroatoms. The van der Waals surface area contributed by atoms with Crippen molar-refractivity contribution in [3.05, 3.63) is 144 Å². The molecule has 0 amide bonds. The summed E-state index contributed by atoms with van der Waals surface area (Å²) >= 11 is 3.90. The van der Waals surface area contributed by atoms with Gasteiger partial charge in [-0.25, -0.2) is 0 Å². The predicted molar refractivity (Wildman–Crippen MR) is 192 cm³/mol. The van der Waals surface area contributed by atoms with E-state index in [1.54, 1.807) is 0 Å². The minimum absolute atomic E-state index is 0.858. The van der Waals surface area contributed by atoms with Crippen LogP contribution in [0.25, 0.3) is 98.4 Å². The molecule has 0 aliphatic heterocycles. The summed E-state index contributed by atoms with van der Waals surface area (Å²) in [5.41, 5.74) is 8.13. The molecule has 0 aliphatic carbocycles. The molecule has 0 atom stereocenters. The molecule has 10 rings (SSSR count). The van der Waals surface area contributed by atoms with Crippen LogP contribution in [0.15, 0.2) is 153 Å². The van der Waals surface area contributed by atoms with E-state index in [2.05, 4.69) is 143 Å². The van der Waals surface area contributed by atoms with Crippen LogP contribution in [0.2, 0.25) is 0 Å². The van der Waals surface area contributed by atoms with Crippen molar-refractivity contribution in [2.45, 2.75) is 0 Å². The Morgan fingerprint density at radius 1 is 0.378 bits per heavy atom. The lowest BCUT2D eigenvalue weighted by molar-refractivity contribution is 0.663. The largest absolute Gasteiger partial charge is 0.456 e. The van der Waals surface area contributed by atoms with Crippen LogP contribution in [0.1, 0.15) is 0 Å². The minimum atomic E-state index is 0.858. The summed E-state index contributed by atoms with van der Waals surface area (Å²) in [6, 6.07) is 49.5. The zero-order valence-corrected chi connectivity index (χ0v) is 25.6. The second-order valence-electron chi connectivity index (χ2n) is 11.7. The Kier molecular flexibility index (Phi) is 5.17. The summed E-state index contributed by atoms with van der Waals surface area (Å²) in [7, 11) is 0. The standard InChI is InChI=1S/C42H23BrO2/c43-42-31-12-5-3-10-29(31)38(30-11-4-6-13-32(30)42)27-18-19-33-37(23-27)45-35-20-21-36-41(40(33)35)39-28(14-7-15-34(39)44-36)26-17-16-24-8-1-2-9-25(24)22-26/h1-23H. The van der Waals surface area contributed by atoms with Gasteiger partial charge in [-0.3, -0.25) is 0 Å². The summed E-state index contributed by atoms with van der Waals surface area (Å²) in [5, 5.41) is 11.7. The van der Waals surface area contributed by atoms with Crippen molar-refractivity contribution >= 4 is 92.1 Å². The van der Waals surface area contributed by atoms with E-state index in [9.17, 15) is 0 Å². The maximum absolute atomic E-state index is 6.64. The van der Waals surface area contributed by atoms with E-state index in [0.29, 0.717) is 0 Å². The number of halogens is 1. The molecule has 0 saturated heterocycles. The lowest BCUT2D eigenvalue weighted by Gasteiger charge is -2.14. The third kappa shape index (κ3) is 3.56. The number of benzene rings is 8. The quantitative estimate of drug-likeness (QED) is 0.176. The van der Waals surface area contributed by atoms with Gasteiger partial charge >= 0.3 is 0 Å². The van der Waals surface area contributed by atoms with Crippen LogP contribution in [0.3, 0.4) is 0 Å². The van der Waals surface area contributed by atoms with E-state index >= 15 is 0 Å². The van der Waals surface area contributed by atoms with E-state index < -0.39 is 0 Å². The molecule has 0 saturated carbocycles. The molecule has 45 heavy (non-hydrogen) atoms. The lowest BCUT2D eigenvalue weighted by Crippen LogP contribution is -1.87. The molecule has 8 aromatic carbocycles. The van der Waals surface area contributed by atoms with E-state index in [0.717, 1.165) is 59.5 Å².